The van der Waals surface area contributed by atoms with Crippen LogP contribution >= 0.6 is 11.3 Å². The van der Waals surface area contributed by atoms with E-state index in [0.717, 1.165) is 22.4 Å². The topological polar surface area (TPSA) is 51.2 Å². The summed E-state index contributed by atoms with van der Waals surface area (Å²) in [5, 5.41) is 2.95. The van der Waals surface area contributed by atoms with E-state index in [1.165, 1.54) is 5.56 Å². The van der Waals surface area contributed by atoms with Crippen molar-refractivity contribution in [1.29, 1.82) is 0 Å². The molecule has 3 aromatic rings. The summed E-state index contributed by atoms with van der Waals surface area (Å²) in [7, 11) is 1.65. The van der Waals surface area contributed by atoms with Gasteiger partial charge in [-0.3, -0.25) is 4.79 Å². The largest absolute Gasteiger partial charge is 0.497 e. The summed E-state index contributed by atoms with van der Waals surface area (Å²) in [6.07, 6.45) is 0.790. The Bertz CT molecular complexity index is 781. The van der Waals surface area contributed by atoms with Crippen LogP contribution in [-0.4, -0.2) is 24.5 Å². The van der Waals surface area contributed by atoms with E-state index in [4.69, 9.17) is 4.74 Å². The van der Waals surface area contributed by atoms with Gasteiger partial charge in [-0.15, -0.1) is 11.3 Å². The predicted octanol–water partition coefficient (Wildman–Crippen LogP) is 3.28. The highest BCUT2D eigenvalue weighted by molar-refractivity contribution is 7.16. The monoisotopic (exact) mass is 312 g/mol. The normalized spacial score (nSPS) is 10.6. The Labute approximate surface area is 132 Å². The Balaban J connectivity index is 1.57. The van der Waals surface area contributed by atoms with Crippen LogP contribution in [0.25, 0.3) is 10.2 Å². The maximum Gasteiger partial charge on any atom is 0.251 e. The van der Waals surface area contributed by atoms with Crippen LogP contribution in [0.2, 0.25) is 0 Å². The number of benzene rings is 2. The lowest BCUT2D eigenvalue weighted by atomic mass is 10.1. The number of methoxy groups -OCH3 is 1. The molecule has 3 rings (SSSR count). The number of aromatic nitrogens is 1. The SMILES string of the molecule is COc1ccc(CCNC(=O)c2ccc3ncsc3c2)cc1. The molecule has 2 aromatic carbocycles. The summed E-state index contributed by atoms with van der Waals surface area (Å²) < 4.78 is 6.15. The van der Waals surface area contributed by atoms with Gasteiger partial charge in [0.2, 0.25) is 0 Å². The molecule has 0 aliphatic carbocycles. The van der Waals surface area contributed by atoms with Crippen LogP contribution < -0.4 is 10.1 Å². The molecule has 0 atom stereocenters. The fourth-order valence-electron chi connectivity index (χ4n) is 2.21. The Morgan fingerprint density at radius 2 is 2.05 bits per heavy atom. The Morgan fingerprint density at radius 1 is 1.23 bits per heavy atom. The first-order valence-corrected chi connectivity index (χ1v) is 7.88. The molecule has 22 heavy (non-hydrogen) atoms. The predicted molar refractivity (Wildman–Crippen MR) is 88.7 cm³/mol. The number of nitrogens with one attached hydrogen (secondary N) is 1. The summed E-state index contributed by atoms with van der Waals surface area (Å²) >= 11 is 1.54. The van der Waals surface area contributed by atoms with Crippen LogP contribution in [0.4, 0.5) is 0 Å². The average Bonchev–Trinajstić information content (AvgIpc) is 3.03. The molecule has 0 unspecified atom stereocenters. The van der Waals surface area contributed by atoms with Crippen molar-refractivity contribution in [3.63, 3.8) is 0 Å². The molecule has 1 aromatic heterocycles. The average molecular weight is 312 g/mol. The molecule has 5 heteroatoms. The first kappa shape index (κ1) is 14.5. The third kappa shape index (κ3) is 3.26. The molecule has 1 N–H and O–H groups in total. The fourth-order valence-corrected chi connectivity index (χ4v) is 2.93. The fraction of sp³-hybridized carbons (Fsp3) is 0.176. The van der Waals surface area contributed by atoms with Crippen molar-refractivity contribution in [2.45, 2.75) is 6.42 Å². The third-order valence-electron chi connectivity index (χ3n) is 3.45. The quantitative estimate of drug-likeness (QED) is 0.786. The number of hydrogen-bond donors (Lipinski definition) is 1. The smallest absolute Gasteiger partial charge is 0.251 e. The summed E-state index contributed by atoms with van der Waals surface area (Å²) in [5.41, 5.74) is 4.56. The number of rotatable bonds is 5. The lowest BCUT2D eigenvalue weighted by Gasteiger charge is -2.06. The van der Waals surface area contributed by atoms with E-state index in [1.54, 1.807) is 24.0 Å². The molecule has 0 aliphatic heterocycles. The first-order valence-electron chi connectivity index (χ1n) is 7.00. The maximum absolute atomic E-state index is 12.2. The Hall–Kier alpha value is -2.40. The summed E-state index contributed by atoms with van der Waals surface area (Å²) in [5.74, 6) is 0.787. The lowest BCUT2D eigenvalue weighted by molar-refractivity contribution is 0.0954. The van der Waals surface area contributed by atoms with Gasteiger partial charge >= 0.3 is 0 Å². The summed E-state index contributed by atoms with van der Waals surface area (Å²) in [4.78, 5) is 16.4. The van der Waals surface area contributed by atoms with Crippen molar-refractivity contribution in [2.24, 2.45) is 0 Å². The minimum atomic E-state index is -0.0520. The highest BCUT2D eigenvalue weighted by atomic mass is 32.1. The number of amides is 1. The van der Waals surface area contributed by atoms with Crippen LogP contribution in [0.5, 0.6) is 5.75 Å². The van der Waals surface area contributed by atoms with E-state index in [9.17, 15) is 4.79 Å². The van der Waals surface area contributed by atoms with Crippen LogP contribution in [0.3, 0.4) is 0 Å². The number of ether oxygens (including phenoxy) is 1. The molecule has 0 fully saturated rings. The van der Waals surface area contributed by atoms with Crippen molar-refractivity contribution in [3.05, 3.63) is 59.1 Å². The second kappa shape index (κ2) is 6.58. The molecule has 1 amide bonds. The van der Waals surface area contributed by atoms with E-state index >= 15 is 0 Å². The van der Waals surface area contributed by atoms with Gasteiger partial charge in [0.05, 0.1) is 22.8 Å². The van der Waals surface area contributed by atoms with Gasteiger partial charge in [0.1, 0.15) is 5.75 Å². The van der Waals surface area contributed by atoms with E-state index < -0.39 is 0 Å². The highest BCUT2D eigenvalue weighted by Crippen LogP contribution is 2.19. The van der Waals surface area contributed by atoms with Gasteiger partial charge in [-0.1, -0.05) is 12.1 Å². The molecular weight excluding hydrogens is 296 g/mol. The highest BCUT2D eigenvalue weighted by Gasteiger charge is 2.07. The molecular formula is C17H16N2O2S. The van der Waals surface area contributed by atoms with Crippen molar-refractivity contribution >= 4 is 27.5 Å². The lowest BCUT2D eigenvalue weighted by Crippen LogP contribution is -2.25. The van der Waals surface area contributed by atoms with Gasteiger partial charge in [0.25, 0.3) is 5.91 Å². The summed E-state index contributed by atoms with van der Waals surface area (Å²) in [6, 6.07) is 13.4. The van der Waals surface area contributed by atoms with E-state index in [-0.39, 0.29) is 5.91 Å². The van der Waals surface area contributed by atoms with Crippen molar-refractivity contribution in [2.75, 3.05) is 13.7 Å². The van der Waals surface area contributed by atoms with Crippen molar-refractivity contribution in [1.82, 2.24) is 10.3 Å². The Kier molecular flexibility index (Phi) is 4.34. The van der Waals surface area contributed by atoms with Crippen molar-refractivity contribution < 1.29 is 9.53 Å². The van der Waals surface area contributed by atoms with Crippen LogP contribution in [-0.2, 0) is 6.42 Å². The van der Waals surface area contributed by atoms with Crippen LogP contribution in [0, 0.1) is 0 Å². The number of thiazole rings is 1. The van der Waals surface area contributed by atoms with Crippen LogP contribution in [0.1, 0.15) is 15.9 Å². The van der Waals surface area contributed by atoms with E-state index in [2.05, 4.69) is 10.3 Å². The zero-order valence-corrected chi connectivity index (χ0v) is 13.0. The molecule has 112 valence electrons. The van der Waals surface area contributed by atoms with Gasteiger partial charge in [-0.25, -0.2) is 4.98 Å². The zero-order valence-electron chi connectivity index (χ0n) is 12.2. The maximum atomic E-state index is 12.2. The molecule has 0 aliphatic rings. The Morgan fingerprint density at radius 3 is 2.82 bits per heavy atom. The van der Waals surface area contributed by atoms with Gasteiger partial charge in [0.15, 0.2) is 0 Å². The number of nitrogens with zero attached hydrogens (tertiary/aromatic N) is 1. The van der Waals surface area contributed by atoms with E-state index in [0.29, 0.717) is 12.1 Å². The number of hydrogen-bond acceptors (Lipinski definition) is 4. The minimum Gasteiger partial charge on any atom is -0.497 e. The van der Waals surface area contributed by atoms with Gasteiger partial charge in [-0.05, 0) is 42.3 Å². The van der Waals surface area contributed by atoms with E-state index in [1.807, 2.05) is 42.5 Å². The molecule has 0 bridgehead atoms. The third-order valence-corrected chi connectivity index (χ3v) is 4.24. The van der Waals surface area contributed by atoms with Gasteiger partial charge in [-0.2, -0.15) is 0 Å². The molecule has 1 heterocycles. The van der Waals surface area contributed by atoms with Crippen molar-refractivity contribution in [3.8, 4) is 5.75 Å². The zero-order chi connectivity index (χ0) is 15.4. The number of carbonyl (C=O) groups is 1. The molecule has 0 radical (unpaired) electrons. The number of carbonyl (C=O) groups excluding carboxylic acids is 1. The standard InChI is InChI=1S/C17H16N2O2S/c1-21-14-5-2-12(3-6-14)8-9-18-17(20)13-4-7-15-16(10-13)22-11-19-15/h2-7,10-11H,8-9H2,1H3,(H,18,20). The summed E-state index contributed by atoms with van der Waals surface area (Å²) in [6.45, 7) is 0.603. The molecule has 0 saturated carbocycles. The second-order valence-electron chi connectivity index (χ2n) is 4.89. The molecule has 4 nitrogen and oxygen atoms in total. The van der Waals surface area contributed by atoms with Crippen LogP contribution in [0.15, 0.2) is 48.0 Å². The second-order valence-corrected chi connectivity index (χ2v) is 5.78. The van der Waals surface area contributed by atoms with Gasteiger partial charge in [0, 0.05) is 12.1 Å². The first-order chi connectivity index (χ1) is 10.8. The number of fused-ring (bicyclic) bond motifs is 1. The minimum absolute atomic E-state index is 0.0520. The van der Waals surface area contributed by atoms with Gasteiger partial charge < -0.3 is 10.1 Å². The molecule has 0 saturated heterocycles. The molecule has 0 spiro atoms.